The Bertz CT molecular complexity index is 1870. The monoisotopic (exact) mass is 1410 g/mol. The van der Waals surface area contributed by atoms with Crippen LogP contribution in [-0.4, -0.2) is 96.7 Å². The van der Waals surface area contributed by atoms with Crippen molar-refractivity contribution in [3.63, 3.8) is 0 Å². The number of hydrogen-bond acceptors (Lipinski definition) is 15. The molecule has 0 aromatic heterocycles. The van der Waals surface area contributed by atoms with Gasteiger partial charge in [-0.05, 0) is 43.4 Å². The van der Waals surface area contributed by atoms with Crippen LogP contribution in [0.3, 0.4) is 0 Å². The van der Waals surface area contributed by atoms with Crippen LogP contribution in [0.4, 0.5) is 0 Å². The van der Waals surface area contributed by atoms with Gasteiger partial charge in [-0.15, -0.1) is 0 Å². The number of rotatable bonds is 75. The Morgan fingerprint density at radius 2 is 0.479 bits per heavy atom. The molecule has 17 nitrogen and oxygen atoms in total. The summed E-state index contributed by atoms with van der Waals surface area (Å²) < 4.78 is 68.4. The van der Waals surface area contributed by atoms with E-state index in [9.17, 15) is 43.2 Å². The molecule has 0 bridgehead atoms. The predicted molar refractivity (Wildman–Crippen MR) is 391 cm³/mol. The van der Waals surface area contributed by atoms with Crippen molar-refractivity contribution in [2.45, 2.75) is 414 Å². The summed E-state index contributed by atoms with van der Waals surface area (Å²) in [5, 5.41) is 10.6. The van der Waals surface area contributed by atoms with E-state index in [1.54, 1.807) is 0 Å². The van der Waals surface area contributed by atoms with Gasteiger partial charge in [0.2, 0.25) is 0 Å². The lowest BCUT2D eigenvalue weighted by Gasteiger charge is -2.21. The van der Waals surface area contributed by atoms with Gasteiger partial charge in [0.05, 0.1) is 26.4 Å². The van der Waals surface area contributed by atoms with Gasteiger partial charge >= 0.3 is 39.5 Å². The minimum absolute atomic E-state index is 0.101. The second-order valence-electron chi connectivity index (χ2n) is 29.2. The molecule has 5 atom stereocenters. The Morgan fingerprint density at radius 1 is 0.281 bits per heavy atom. The number of carbonyl (C=O) groups excluding carboxylic acids is 4. The van der Waals surface area contributed by atoms with Gasteiger partial charge in [-0.3, -0.25) is 37.3 Å². The summed E-state index contributed by atoms with van der Waals surface area (Å²) in [4.78, 5) is 72.7. The molecule has 0 fully saturated rings. The van der Waals surface area contributed by atoms with Gasteiger partial charge in [0.15, 0.2) is 12.2 Å². The average Bonchev–Trinajstić information content (AvgIpc) is 1.13. The maximum absolute atomic E-state index is 13.1. The zero-order chi connectivity index (χ0) is 70.9. The van der Waals surface area contributed by atoms with Crippen molar-refractivity contribution in [2.75, 3.05) is 39.6 Å². The number of hydrogen-bond donors (Lipinski definition) is 3. The van der Waals surface area contributed by atoms with Crippen molar-refractivity contribution >= 4 is 39.5 Å². The molecule has 3 N–H and O–H groups in total. The Kier molecular flexibility index (Phi) is 66.2. The maximum Gasteiger partial charge on any atom is 0.472 e. The summed E-state index contributed by atoms with van der Waals surface area (Å²) in [6, 6.07) is 0. The van der Waals surface area contributed by atoms with Crippen molar-refractivity contribution in [3.05, 3.63) is 0 Å². The van der Waals surface area contributed by atoms with Gasteiger partial charge in [0.25, 0.3) is 0 Å². The second kappa shape index (κ2) is 67.5. The second-order valence-corrected chi connectivity index (χ2v) is 32.1. The van der Waals surface area contributed by atoms with Crippen LogP contribution in [-0.2, 0) is 65.4 Å². The Hall–Kier alpha value is -1.94. The summed E-state index contributed by atoms with van der Waals surface area (Å²) >= 11 is 0. The van der Waals surface area contributed by atoms with E-state index in [0.29, 0.717) is 37.5 Å². The summed E-state index contributed by atoms with van der Waals surface area (Å²) in [5.41, 5.74) is 0. The Labute approximate surface area is 588 Å². The molecule has 0 saturated heterocycles. The molecule has 19 heteroatoms. The molecule has 2 unspecified atom stereocenters. The molecule has 0 aliphatic carbocycles. The molecule has 0 spiro atoms. The first kappa shape index (κ1) is 94.1. The fourth-order valence-corrected chi connectivity index (χ4v) is 13.4. The maximum atomic E-state index is 13.1. The number of phosphoric acid groups is 2. The standard InChI is InChI=1S/C77H150O17P2/c1-8-9-10-11-12-13-14-15-16-17-18-19-23-26-29-32-35-44-51-58-74(79)87-64-72(93-76(81)60-53-46-36-33-30-27-24-21-20-22-25-28-31-34-41-48-55-68(2)3)66-91-95(83,84)89-62-71(78)63-90-96(85,86)92-67-73(94-77(82)61-54-47-40-38-43-50-57-70(6)7)65-88-75(80)59-52-45-39-37-42-49-56-69(4)5/h68-73,78H,8-67H2,1-7H3,(H,83,84)(H,85,86)/t71-,72-,73-/m1/s1. The van der Waals surface area contributed by atoms with E-state index in [0.717, 1.165) is 102 Å². The average molecular weight is 1410 g/mol. The Morgan fingerprint density at radius 3 is 0.708 bits per heavy atom. The van der Waals surface area contributed by atoms with E-state index in [-0.39, 0.29) is 25.7 Å². The summed E-state index contributed by atoms with van der Waals surface area (Å²) in [7, 11) is -9.91. The molecule has 0 amide bonds. The number of aliphatic hydroxyl groups excluding tert-OH is 1. The first-order valence-corrected chi connectivity index (χ1v) is 42.8. The zero-order valence-electron chi connectivity index (χ0n) is 62.8. The third-order valence-electron chi connectivity index (χ3n) is 17.9. The molecule has 0 saturated carbocycles. The van der Waals surface area contributed by atoms with Crippen molar-refractivity contribution in [1.29, 1.82) is 0 Å². The number of phosphoric ester groups is 2. The molecule has 0 radical (unpaired) electrons. The zero-order valence-corrected chi connectivity index (χ0v) is 64.6. The lowest BCUT2D eigenvalue weighted by atomic mass is 10.0. The van der Waals surface area contributed by atoms with Crippen molar-refractivity contribution in [1.82, 2.24) is 0 Å². The molecular formula is C77H150O17P2. The summed E-state index contributed by atoms with van der Waals surface area (Å²) in [5.74, 6) is 0.0335. The van der Waals surface area contributed by atoms with Crippen LogP contribution in [0.1, 0.15) is 395 Å². The third-order valence-corrected chi connectivity index (χ3v) is 19.8. The molecule has 0 rings (SSSR count). The third kappa shape index (κ3) is 70.5. The van der Waals surface area contributed by atoms with Crippen LogP contribution in [0.5, 0.6) is 0 Å². The van der Waals surface area contributed by atoms with Gasteiger partial charge in [-0.1, -0.05) is 344 Å². The lowest BCUT2D eigenvalue weighted by Crippen LogP contribution is -2.30. The topological polar surface area (TPSA) is 237 Å². The first-order valence-electron chi connectivity index (χ1n) is 39.8. The summed E-state index contributed by atoms with van der Waals surface area (Å²) in [6.07, 6.45) is 54.7. The van der Waals surface area contributed by atoms with Gasteiger partial charge in [0, 0.05) is 25.7 Å². The molecule has 0 aromatic rings. The minimum atomic E-state index is -4.96. The molecule has 0 aliphatic rings. The van der Waals surface area contributed by atoms with Crippen LogP contribution in [0, 0.1) is 17.8 Å². The van der Waals surface area contributed by atoms with Crippen molar-refractivity contribution in [3.8, 4) is 0 Å². The van der Waals surface area contributed by atoms with Gasteiger partial charge < -0.3 is 33.8 Å². The molecule has 0 aromatic carbocycles. The number of unbranched alkanes of at least 4 members (excludes halogenated alkanes) is 43. The highest BCUT2D eigenvalue weighted by Crippen LogP contribution is 2.45. The van der Waals surface area contributed by atoms with Crippen LogP contribution >= 0.6 is 15.6 Å². The van der Waals surface area contributed by atoms with Crippen molar-refractivity contribution in [2.24, 2.45) is 17.8 Å². The minimum Gasteiger partial charge on any atom is -0.462 e. The van der Waals surface area contributed by atoms with Gasteiger partial charge in [-0.2, -0.15) is 0 Å². The fourth-order valence-electron chi connectivity index (χ4n) is 11.8. The van der Waals surface area contributed by atoms with Crippen LogP contribution < -0.4 is 0 Å². The van der Waals surface area contributed by atoms with E-state index >= 15 is 0 Å². The number of aliphatic hydroxyl groups is 1. The largest absolute Gasteiger partial charge is 0.472 e. The molecule has 96 heavy (non-hydrogen) atoms. The molecule has 0 heterocycles. The normalized spacial score (nSPS) is 14.1. The fraction of sp³-hybridized carbons (Fsp3) is 0.948. The lowest BCUT2D eigenvalue weighted by molar-refractivity contribution is -0.161. The molecule has 570 valence electrons. The number of carbonyl (C=O) groups is 4. The van der Waals surface area contributed by atoms with Crippen LogP contribution in [0.25, 0.3) is 0 Å². The van der Waals surface area contributed by atoms with Crippen LogP contribution in [0.2, 0.25) is 0 Å². The highest BCUT2D eigenvalue weighted by Gasteiger charge is 2.30. The molecular weight excluding hydrogens is 1260 g/mol. The number of ether oxygens (including phenoxy) is 4. The van der Waals surface area contributed by atoms with Gasteiger partial charge in [-0.25, -0.2) is 9.13 Å². The van der Waals surface area contributed by atoms with E-state index in [1.807, 2.05) is 0 Å². The number of esters is 4. The van der Waals surface area contributed by atoms with E-state index in [1.165, 1.54) is 199 Å². The highest BCUT2D eigenvalue weighted by atomic mass is 31.2. The first-order chi connectivity index (χ1) is 46.2. The SMILES string of the molecule is CCCCCCCCCCCCCCCCCCCCCC(=O)OC[C@H](COP(=O)(O)OC[C@@H](O)COP(=O)(O)OC[C@@H](COC(=O)CCCCCCCCC(C)C)OC(=O)CCCCCCCCC(C)C)OC(=O)CCCCCCCCCCCCCCCCCCC(C)C. The van der Waals surface area contributed by atoms with Crippen LogP contribution in [0.15, 0.2) is 0 Å². The van der Waals surface area contributed by atoms with E-state index < -0.39 is 97.5 Å². The smallest absolute Gasteiger partial charge is 0.462 e. The molecule has 0 aliphatic heterocycles. The summed E-state index contributed by atoms with van der Waals surface area (Å²) in [6.45, 7) is 11.8. The highest BCUT2D eigenvalue weighted by molar-refractivity contribution is 7.47. The van der Waals surface area contributed by atoms with E-state index in [2.05, 4.69) is 48.5 Å². The van der Waals surface area contributed by atoms with E-state index in [4.69, 9.17) is 37.0 Å². The van der Waals surface area contributed by atoms with Crippen molar-refractivity contribution < 1.29 is 80.2 Å². The van der Waals surface area contributed by atoms with Gasteiger partial charge in [0.1, 0.15) is 19.3 Å². The quantitative estimate of drug-likeness (QED) is 0.0222. The Balaban J connectivity index is 5.18. The predicted octanol–water partition coefficient (Wildman–Crippen LogP) is 22.6.